The Hall–Kier alpha value is 2.92. The standard InChI is InChI=1S/C14H28O5S.C12H24O.4Na.H2O4S.4H/c1-2-3-4-5-6-7-8-9-10-11-12-19-14(15)13-20(16,17)18;1-2-3-4-5-6-7-8-9-10-11-12-13;;;;;1-5(2,3)4;;;;/h2-13H2,1H3,(H,16,17,18);12H,2-11H2,1H3;;;;;(H2,1,2,3,4);;;;. The van der Waals surface area contributed by atoms with Crippen molar-refractivity contribution in [2.45, 2.75) is 142 Å². The van der Waals surface area contributed by atoms with E-state index in [-0.39, 0.29) is 125 Å². The number of rotatable bonds is 23. The zero-order chi connectivity index (χ0) is 29.5. The maximum absolute atomic E-state index is 11.0. The number of ether oxygens (including phenoxy) is 1. The van der Waals surface area contributed by atoms with Crippen LogP contribution in [0.5, 0.6) is 0 Å². The summed E-state index contributed by atoms with van der Waals surface area (Å²) in [7, 11) is -8.93. The Morgan fingerprint density at radius 3 is 1.14 bits per heavy atom. The number of aldehydes is 1. The van der Waals surface area contributed by atoms with Crippen LogP contribution in [0.25, 0.3) is 0 Å². The Labute approximate surface area is 345 Å². The fraction of sp³-hybridized carbons (Fsp3) is 0.923. The molecule has 0 aliphatic rings. The molecule has 0 unspecified atom stereocenters. The number of unbranched alkanes of at least 4 members (excludes halogenated alkanes) is 18. The predicted octanol–water partition coefficient (Wildman–Crippen LogP) is 4.20. The summed E-state index contributed by atoms with van der Waals surface area (Å²) in [5.74, 6) is -1.84. The van der Waals surface area contributed by atoms with Gasteiger partial charge >= 0.3 is 135 Å². The van der Waals surface area contributed by atoms with E-state index in [1.807, 2.05) is 0 Å². The Bertz CT molecular complexity index is 733. The topological polar surface area (TPSA) is 172 Å². The first-order valence-electron chi connectivity index (χ1n) is 14.1. The minimum atomic E-state index is -4.67. The summed E-state index contributed by atoms with van der Waals surface area (Å²) in [5.41, 5.74) is 0. The second kappa shape index (κ2) is 46.0. The summed E-state index contributed by atoms with van der Waals surface area (Å²) in [6, 6.07) is 0. The van der Waals surface area contributed by atoms with E-state index in [0.29, 0.717) is 0 Å². The van der Waals surface area contributed by atoms with E-state index in [2.05, 4.69) is 13.8 Å². The van der Waals surface area contributed by atoms with Crippen molar-refractivity contribution >= 4 is 151 Å². The van der Waals surface area contributed by atoms with Crippen LogP contribution in [0.15, 0.2) is 0 Å². The van der Waals surface area contributed by atoms with Gasteiger partial charge in [0.05, 0.1) is 6.61 Å². The minimum absolute atomic E-state index is 0. The summed E-state index contributed by atoms with van der Waals surface area (Å²) in [6.45, 7) is 4.69. The number of hydrogen-bond donors (Lipinski definition) is 3. The molecule has 0 aliphatic heterocycles. The summed E-state index contributed by atoms with van der Waals surface area (Å²) >= 11 is 0. The molecule has 0 spiro atoms. The van der Waals surface area contributed by atoms with E-state index in [0.717, 1.165) is 38.4 Å². The zero-order valence-corrected chi connectivity index (χ0v) is 25.3. The molecule has 0 heterocycles. The first kappa shape index (κ1) is 60.3. The molecule has 0 aromatic heterocycles. The number of hydrogen-bond acceptors (Lipinski definition) is 7. The molecular formula is C26H58Na4O10S2. The van der Waals surface area contributed by atoms with Crippen molar-refractivity contribution in [2.24, 2.45) is 0 Å². The van der Waals surface area contributed by atoms with Gasteiger partial charge in [-0.05, 0) is 12.8 Å². The van der Waals surface area contributed by atoms with Crippen LogP contribution in [0.4, 0.5) is 0 Å². The van der Waals surface area contributed by atoms with Crippen molar-refractivity contribution in [3.63, 3.8) is 0 Å². The molecule has 0 aromatic rings. The monoisotopic (exact) mass is 686 g/mol. The van der Waals surface area contributed by atoms with Crippen LogP contribution < -0.4 is 0 Å². The average Bonchev–Trinajstić information content (AvgIpc) is 2.80. The summed E-state index contributed by atoms with van der Waals surface area (Å²) in [6.07, 6.45) is 25.6. The van der Waals surface area contributed by atoms with Crippen molar-refractivity contribution in [1.29, 1.82) is 0 Å². The van der Waals surface area contributed by atoms with Gasteiger partial charge in [-0.15, -0.1) is 0 Å². The molecule has 16 heteroatoms. The van der Waals surface area contributed by atoms with E-state index in [9.17, 15) is 18.0 Å². The molecule has 10 nitrogen and oxygen atoms in total. The third kappa shape index (κ3) is 78.9. The Morgan fingerprint density at radius 1 is 0.571 bits per heavy atom. The van der Waals surface area contributed by atoms with Crippen molar-refractivity contribution in [2.75, 3.05) is 12.4 Å². The van der Waals surface area contributed by atoms with Gasteiger partial charge in [0, 0.05) is 6.42 Å². The fourth-order valence-electron chi connectivity index (χ4n) is 3.50. The van der Waals surface area contributed by atoms with Gasteiger partial charge in [-0.1, -0.05) is 123 Å². The second-order valence-electron chi connectivity index (χ2n) is 9.36. The fourth-order valence-corrected chi connectivity index (χ4v) is 3.89. The normalized spacial score (nSPS) is 10.0. The van der Waals surface area contributed by atoms with Gasteiger partial charge in [0.1, 0.15) is 6.29 Å². The Morgan fingerprint density at radius 2 is 0.857 bits per heavy atom. The van der Waals surface area contributed by atoms with E-state index >= 15 is 0 Å². The number of carbonyl (C=O) groups excluding carboxylic acids is 2. The van der Waals surface area contributed by atoms with E-state index in [4.69, 9.17) is 26.8 Å². The van der Waals surface area contributed by atoms with E-state index in [1.165, 1.54) is 96.3 Å². The van der Waals surface area contributed by atoms with Gasteiger partial charge in [-0.25, -0.2) is 0 Å². The molecule has 0 amide bonds. The molecule has 0 saturated heterocycles. The predicted molar refractivity (Wildman–Crippen MR) is 180 cm³/mol. The summed E-state index contributed by atoms with van der Waals surface area (Å²) in [4.78, 5) is 21.0. The molecule has 0 rings (SSSR count). The van der Waals surface area contributed by atoms with Crippen molar-refractivity contribution < 1.29 is 44.8 Å². The molecular weight excluding hydrogens is 628 g/mol. The number of esters is 1. The second-order valence-corrected chi connectivity index (χ2v) is 11.7. The third-order valence-electron chi connectivity index (χ3n) is 5.49. The van der Waals surface area contributed by atoms with Gasteiger partial charge in [0.25, 0.3) is 10.1 Å². The summed E-state index contributed by atoms with van der Waals surface area (Å²) < 4.78 is 65.5. The summed E-state index contributed by atoms with van der Waals surface area (Å²) in [5, 5.41) is 0. The van der Waals surface area contributed by atoms with Crippen LogP contribution in [0, 0.1) is 0 Å². The van der Waals surface area contributed by atoms with Crippen molar-refractivity contribution in [3.05, 3.63) is 0 Å². The molecule has 0 aliphatic carbocycles. The molecule has 42 heavy (non-hydrogen) atoms. The van der Waals surface area contributed by atoms with Crippen LogP contribution in [0.3, 0.4) is 0 Å². The SMILES string of the molecule is CCCCCCCCCCCC=O.CCCCCCCCCCCCOC(=O)CS(=O)(=O)O.O=S(=O)(O)O.[NaH].[NaH].[NaH].[NaH]. The average molecular weight is 687 g/mol. The van der Waals surface area contributed by atoms with Crippen molar-refractivity contribution in [3.8, 4) is 0 Å². The van der Waals surface area contributed by atoms with Crippen LogP contribution in [-0.2, 0) is 34.8 Å². The number of carbonyl (C=O) groups is 2. The molecule has 238 valence electrons. The van der Waals surface area contributed by atoms with Crippen LogP contribution >= 0.6 is 0 Å². The Kier molecular flexibility index (Phi) is 66.1. The van der Waals surface area contributed by atoms with Gasteiger partial charge in [0.15, 0.2) is 5.75 Å². The molecule has 0 atom stereocenters. The third-order valence-corrected chi connectivity index (χ3v) is 6.09. The van der Waals surface area contributed by atoms with E-state index < -0.39 is 32.2 Å². The molecule has 0 bridgehead atoms. The van der Waals surface area contributed by atoms with Gasteiger partial charge in [0.2, 0.25) is 0 Å². The van der Waals surface area contributed by atoms with E-state index in [1.54, 1.807) is 0 Å². The Balaban J connectivity index is -0.0000000970. The quantitative estimate of drug-likeness (QED) is 0.0465. The molecule has 0 saturated carbocycles. The molecule has 0 aromatic carbocycles. The maximum atomic E-state index is 11.0. The van der Waals surface area contributed by atoms with Gasteiger partial charge < -0.3 is 9.53 Å². The first-order valence-corrected chi connectivity index (χ1v) is 17.1. The zero-order valence-electron chi connectivity index (χ0n) is 23.6. The van der Waals surface area contributed by atoms with Crippen LogP contribution in [-0.4, -0.2) is 173 Å². The first-order chi connectivity index (χ1) is 17.9. The van der Waals surface area contributed by atoms with Crippen LogP contribution in [0.1, 0.15) is 142 Å². The van der Waals surface area contributed by atoms with Crippen molar-refractivity contribution in [1.82, 2.24) is 0 Å². The van der Waals surface area contributed by atoms with Gasteiger partial charge in [-0.3, -0.25) is 18.5 Å². The molecule has 0 radical (unpaired) electrons. The molecule has 3 N–H and O–H groups in total. The molecule has 0 fully saturated rings. The van der Waals surface area contributed by atoms with Gasteiger partial charge in [-0.2, -0.15) is 16.8 Å². The van der Waals surface area contributed by atoms with Crippen LogP contribution in [0.2, 0.25) is 0 Å².